The molecule has 1 saturated carbocycles. The maximum Gasteiger partial charge on any atom is 0.225 e. The van der Waals surface area contributed by atoms with Crippen molar-refractivity contribution in [1.82, 2.24) is 9.80 Å². The molecule has 0 spiro atoms. The van der Waals surface area contributed by atoms with E-state index in [9.17, 15) is 4.79 Å². The molecule has 1 aromatic rings. The van der Waals surface area contributed by atoms with E-state index < -0.39 is 0 Å². The van der Waals surface area contributed by atoms with Crippen molar-refractivity contribution in [1.29, 1.82) is 0 Å². The molecule has 0 bridgehead atoms. The van der Waals surface area contributed by atoms with E-state index in [1.807, 2.05) is 23.1 Å². The minimum Gasteiger partial charge on any atom is -0.340 e. The molecule has 1 aliphatic carbocycles. The zero-order valence-corrected chi connectivity index (χ0v) is 14.2. The number of piperazine rings is 1. The van der Waals surface area contributed by atoms with Crippen LogP contribution in [-0.2, 0) is 11.3 Å². The Labute approximate surface area is 142 Å². The molecule has 22 heavy (non-hydrogen) atoms. The van der Waals surface area contributed by atoms with Crippen LogP contribution in [0.5, 0.6) is 0 Å². The van der Waals surface area contributed by atoms with Crippen molar-refractivity contribution in [3.63, 3.8) is 0 Å². The van der Waals surface area contributed by atoms with E-state index in [0.29, 0.717) is 5.91 Å². The summed E-state index contributed by atoms with van der Waals surface area (Å²) in [7, 11) is 0. The average molecular weight is 341 g/mol. The Morgan fingerprint density at radius 2 is 1.64 bits per heavy atom. The highest BCUT2D eigenvalue weighted by molar-refractivity contribution is 6.35. The fraction of sp³-hybridized carbons (Fsp3) is 0.588. The molecule has 1 aromatic carbocycles. The van der Waals surface area contributed by atoms with E-state index >= 15 is 0 Å². The molecule has 2 fully saturated rings. The van der Waals surface area contributed by atoms with Crippen molar-refractivity contribution in [3.8, 4) is 0 Å². The van der Waals surface area contributed by atoms with Crippen LogP contribution in [0.25, 0.3) is 0 Å². The number of carbonyl (C=O) groups excluding carboxylic acids is 1. The van der Waals surface area contributed by atoms with E-state index in [0.717, 1.165) is 61.2 Å². The summed E-state index contributed by atoms with van der Waals surface area (Å²) in [5, 5.41) is 1.44. The van der Waals surface area contributed by atoms with Crippen molar-refractivity contribution < 1.29 is 4.79 Å². The van der Waals surface area contributed by atoms with Gasteiger partial charge in [-0.05, 0) is 25.0 Å². The second-order valence-corrected chi connectivity index (χ2v) is 7.10. The molecule has 1 aliphatic heterocycles. The average Bonchev–Trinajstić information content (AvgIpc) is 3.05. The monoisotopic (exact) mass is 340 g/mol. The molecule has 0 aromatic heterocycles. The quantitative estimate of drug-likeness (QED) is 0.834. The van der Waals surface area contributed by atoms with Gasteiger partial charge in [0.1, 0.15) is 0 Å². The lowest BCUT2D eigenvalue weighted by Crippen LogP contribution is -2.49. The first kappa shape index (κ1) is 16.1. The fourth-order valence-corrected chi connectivity index (χ4v) is 3.98. The predicted octanol–water partition coefficient (Wildman–Crippen LogP) is 3.83. The Bertz CT molecular complexity index is 515. The van der Waals surface area contributed by atoms with E-state index in [-0.39, 0.29) is 5.92 Å². The summed E-state index contributed by atoms with van der Waals surface area (Å²) in [6, 6.07) is 5.62. The molecule has 0 atom stereocenters. The largest absolute Gasteiger partial charge is 0.340 e. The molecule has 120 valence electrons. The molecular weight excluding hydrogens is 319 g/mol. The summed E-state index contributed by atoms with van der Waals surface area (Å²) in [6.07, 6.45) is 4.57. The minimum atomic E-state index is 0.282. The zero-order chi connectivity index (χ0) is 15.5. The maximum atomic E-state index is 12.4. The number of halogens is 2. The van der Waals surface area contributed by atoms with Gasteiger partial charge in [0.05, 0.1) is 0 Å². The van der Waals surface area contributed by atoms with Crippen LogP contribution >= 0.6 is 23.2 Å². The second kappa shape index (κ2) is 7.20. The van der Waals surface area contributed by atoms with Gasteiger partial charge in [-0.2, -0.15) is 0 Å². The number of hydrogen-bond acceptors (Lipinski definition) is 2. The molecule has 0 radical (unpaired) electrons. The lowest BCUT2D eigenvalue weighted by molar-refractivity contribution is -0.137. The Kier molecular flexibility index (Phi) is 5.27. The van der Waals surface area contributed by atoms with Crippen LogP contribution < -0.4 is 0 Å². The van der Waals surface area contributed by atoms with Crippen LogP contribution in [0.3, 0.4) is 0 Å². The Morgan fingerprint density at radius 3 is 2.23 bits per heavy atom. The number of amides is 1. The van der Waals surface area contributed by atoms with Gasteiger partial charge in [0.15, 0.2) is 0 Å². The summed E-state index contributed by atoms with van der Waals surface area (Å²) < 4.78 is 0. The highest BCUT2D eigenvalue weighted by Gasteiger charge is 2.29. The third-order valence-electron chi connectivity index (χ3n) is 4.83. The Hall–Kier alpha value is -0.770. The molecule has 1 heterocycles. The van der Waals surface area contributed by atoms with Gasteiger partial charge < -0.3 is 4.90 Å². The molecule has 0 N–H and O–H groups in total. The van der Waals surface area contributed by atoms with Gasteiger partial charge in [0, 0.05) is 54.3 Å². The van der Waals surface area contributed by atoms with Gasteiger partial charge in [-0.15, -0.1) is 0 Å². The minimum absolute atomic E-state index is 0.282. The highest BCUT2D eigenvalue weighted by Crippen LogP contribution is 2.28. The second-order valence-electron chi connectivity index (χ2n) is 6.28. The summed E-state index contributed by atoms with van der Waals surface area (Å²) in [6.45, 7) is 4.17. The molecule has 5 heteroatoms. The van der Waals surface area contributed by atoms with Crippen LogP contribution in [-0.4, -0.2) is 41.9 Å². The number of rotatable bonds is 3. The lowest BCUT2D eigenvalue weighted by Gasteiger charge is -2.36. The summed E-state index contributed by atoms with van der Waals surface area (Å²) in [5.74, 6) is 0.650. The van der Waals surface area contributed by atoms with Crippen molar-refractivity contribution in [2.75, 3.05) is 26.2 Å². The molecule has 1 amide bonds. The predicted molar refractivity (Wildman–Crippen MR) is 90.3 cm³/mol. The van der Waals surface area contributed by atoms with Crippen molar-refractivity contribution >= 4 is 29.1 Å². The number of nitrogens with zero attached hydrogens (tertiary/aromatic N) is 2. The fourth-order valence-electron chi connectivity index (χ4n) is 3.46. The SMILES string of the molecule is O=C(C1CCCC1)N1CCN(Cc2c(Cl)cccc2Cl)CC1. The van der Waals surface area contributed by atoms with E-state index in [2.05, 4.69) is 4.90 Å². The van der Waals surface area contributed by atoms with Crippen LogP contribution in [0.1, 0.15) is 31.2 Å². The first-order valence-electron chi connectivity index (χ1n) is 8.09. The number of hydrogen-bond donors (Lipinski definition) is 0. The van der Waals surface area contributed by atoms with Gasteiger partial charge >= 0.3 is 0 Å². The van der Waals surface area contributed by atoms with Crippen molar-refractivity contribution in [2.24, 2.45) is 5.92 Å². The lowest BCUT2D eigenvalue weighted by atomic mass is 10.1. The smallest absolute Gasteiger partial charge is 0.225 e. The van der Waals surface area contributed by atoms with Crippen LogP contribution in [0.15, 0.2) is 18.2 Å². The van der Waals surface area contributed by atoms with E-state index in [4.69, 9.17) is 23.2 Å². The standard InChI is InChI=1S/C17H22Cl2N2O/c18-15-6-3-7-16(19)14(15)12-20-8-10-21(11-9-20)17(22)13-4-1-2-5-13/h3,6-7,13H,1-2,4-5,8-12H2. The molecular formula is C17H22Cl2N2O. The van der Waals surface area contributed by atoms with Crippen molar-refractivity contribution in [3.05, 3.63) is 33.8 Å². The van der Waals surface area contributed by atoms with Crippen molar-refractivity contribution in [2.45, 2.75) is 32.2 Å². The van der Waals surface area contributed by atoms with Crippen LogP contribution in [0.4, 0.5) is 0 Å². The first-order valence-corrected chi connectivity index (χ1v) is 8.85. The first-order chi connectivity index (χ1) is 10.6. The van der Waals surface area contributed by atoms with E-state index in [1.54, 1.807) is 0 Å². The van der Waals surface area contributed by atoms with Gasteiger partial charge in [-0.1, -0.05) is 42.1 Å². The van der Waals surface area contributed by atoms with Gasteiger partial charge in [0.25, 0.3) is 0 Å². The molecule has 3 rings (SSSR count). The molecule has 1 saturated heterocycles. The summed E-state index contributed by atoms with van der Waals surface area (Å²) in [5.41, 5.74) is 0.987. The van der Waals surface area contributed by atoms with Crippen LogP contribution in [0, 0.1) is 5.92 Å². The van der Waals surface area contributed by atoms with Gasteiger partial charge in [-0.25, -0.2) is 0 Å². The zero-order valence-electron chi connectivity index (χ0n) is 12.7. The highest BCUT2D eigenvalue weighted by atomic mass is 35.5. The van der Waals surface area contributed by atoms with Crippen LogP contribution in [0.2, 0.25) is 10.0 Å². The number of carbonyl (C=O) groups is 1. The third-order valence-corrected chi connectivity index (χ3v) is 5.54. The van der Waals surface area contributed by atoms with E-state index in [1.165, 1.54) is 12.8 Å². The Balaban J connectivity index is 1.54. The maximum absolute atomic E-state index is 12.4. The molecule has 3 nitrogen and oxygen atoms in total. The topological polar surface area (TPSA) is 23.6 Å². The summed E-state index contributed by atoms with van der Waals surface area (Å²) >= 11 is 12.5. The van der Waals surface area contributed by atoms with Gasteiger partial charge in [0.2, 0.25) is 5.91 Å². The molecule has 2 aliphatic rings. The Morgan fingerprint density at radius 1 is 1.05 bits per heavy atom. The number of benzene rings is 1. The normalized spacial score (nSPS) is 20.5. The van der Waals surface area contributed by atoms with Gasteiger partial charge in [-0.3, -0.25) is 9.69 Å². The molecule has 0 unspecified atom stereocenters. The third kappa shape index (κ3) is 3.58. The summed E-state index contributed by atoms with van der Waals surface area (Å²) in [4.78, 5) is 16.8.